The molecule has 1 atom stereocenters. The third kappa shape index (κ3) is 1.92. The van der Waals surface area contributed by atoms with Crippen molar-refractivity contribution >= 4 is 11.6 Å². The van der Waals surface area contributed by atoms with Crippen LogP contribution in [0.25, 0.3) is 0 Å². The maximum atomic E-state index is 9.51. The molecule has 0 saturated carbocycles. The normalized spacial score (nSPS) is 12.9. The molecule has 0 saturated heterocycles. The van der Waals surface area contributed by atoms with Crippen LogP contribution in [-0.4, -0.2) is 5.11 Å². The van der Waals surface area contributed by atoms with Crippen LogP contribution in [0.4, 0.5) is 0 Å². The summed E-state index contributed by atoms with van der Waals surface area (Å²) >= 11 is 5.70. The van der Waals surface area contributed by atoms with Crippen LogP contribution in [0.3, 0.4) is 0 Å². The SMILES string of the molecule is CCC(C)c1ccc(Cl)cc1O. The second-order valence-corrected chi connectivity index (χ2v) is 3.45. The molecule has 1 rings (SSSR count). The Labute approximate surface area is 78.0 Å². The van der Waals surface area contributed by atoms with Crippen molar-refractivity contribution in [2.75, 3.05) is 0 Å². The van der Waals surface area contributed by atoms with Crippen LogP contribution in [0.2, 0.25) is 5.02 Å². The van der Waals surface area contributed by atoms with E-state index in [1.54, 1.807) is 6.07 Å². The quantitative estimate of drug-likeness (QED) is 0.745. The van der Waals surface area contributed by atoms with Crippen molar-refractivity contribution < 1.29 is 5.11 Å². The zero-order valence-electron chi connectivity index (χ0n) is 7.34. The van der Waals surface area contributed by atoms with E-state index in [4.69, 9.17) is 11.6 Å². The Balaban J connectivity index is 3.01. The Morgan fingerprint density at radius 1 is 1.50 bits per heavy atom. The first-order valence-electron chi connectivity index (χ1n) is 4.13. The molecular weight excluding hydrogens is 172 g/mol. The van der Waals surface area contributed by atoms with Crippen LogP contribution in [0, 0.1) is 0 Å². The summed E-state index contributed by atoms with van der Waals surface area (Å²) in [7, 11) is 0. The van der Waals surface area contributed by atoms with Crippen LogP contribution < -0.4 is 0 Å². The highest BCUT2D eigenvalue weighted by molar-refractivity contribution is 6.30. The minimum absolute atomic E-state index is 0.303. The van der Waals surface area contributed by atoms with Crippen LogP contribution >= 0.6 is 11.6 Å². The molecule has 66 valence electrons. The van der Waals surface area contributed by atoms with Gasteiger partial charge in [0.25, 0.3) is 0 Å². The largest absolute Gasteiger partial charge is 0.508 e. The number of phenolic OH excluding ortho intramolecular Hbond substituents is 1. The molecule has 0 fully saturated rings. The lowest BCUT2D eigenvalue weighted by atomic mass is 9.98. The minimum atomic E-state index is 0.303. The fourth-order valence-corrected chi connectivity index (χ4v) is 1.32. The molecule has 0 aliphatic carbocycles. The lowest BCUT2D eigenvalue weighted by Crippen LogP contribution is -1.91. The van der Waals surface area contributed by atoms with Gasteiger partial charge in [0.1, 0.15) is 5.75 Å². The van der Waals surface area contributed by atoms with Gasteiger partial charge in [0.05, 0.1) is 0 Å². The topological polar surface area (TPSA) is 20.2 Å². The third-order valence-electron chi connectivity index (χ3n) is 2.14. The zero-order valence-corrected chi connectivity index (χ0v) is 8.10. The second kappa shape index (κ2) is 3.81. The molecule has 1 N–H and O–H groups in total. The van der Waals surface area contributed by atoms with Gasteiger partial charge in [-0.3, -0.25) is 0 Å². The molecule has 1 unspecified atom stereocenters. The molecule has 0 amide bonds. The van der Waals surface area contributed by atoms with Gasteiger partial charge in [-0.15, -0.1) is 0 Å². The van der Waals surface area contributed by atoms with E-state index in [0.29, 0.717) is 16.7 Å². The number of halogens is 1. The number of phenols is 1. The summed E-state index contributed by atoms with van der Waals surface area (Å²) in [5.74, 6) is 0.694. The van der Waals surface area contributed by atoms with E-state index >= 15 is 0 Å². The van der Waals surface area contributed by atoms with Gasteiger partial charge in [-0.1, -0.05) is 31.5 Å². The molecule has 2 heteroatoms. The van der Waals surface area contributed by atoms with Crippen molar-refractivity contribution in [3.63, 3.8) is 0 Å². The first-order chi connectivity index (χ1) is 5.65. The van der Waals surface area contributed by atoms with Crippen molar-refractivity contribution in [3.8, 4) is 5.75 Å². The van der Waals surface area contributed by atoms with E-state index in [1.165, 1.54) is 0 Å². The molecule has 0 bridgehead atoms. The Bertz CT molecular complexity index is 271. The molecular formula is C10H13ClO. The molecule has 0 spiro atoms. The van der Waals surface area contributed by atoms with Crippen LogP contribution in [0.15, 0.2) is 18.2 Å². The highest BCUT2D eigenvalue weighted by Gasteiger charge is 2.07. The molecule has 1 aromatic rings. The lowest BCUT2D eigenvalue weighted by Gasteiger charge is -2.10. The molecule has 12 heavy (non-hydrogen) atoms. The Morgan fingerprint density at radius 2 is 2.17 bits per heavy atom. The fraction of sp³-hybridized carbons (Fsp3) is 0.400. The Kier molecular flexibility index (Phi) is 2.99. The van der Waals surface area contributed by atoms with Crippen LogP contribution in [0.5, 0.6) is 5.75 Å². The van der Waals surface area contributed by atoms with Gasteiger partial charge in [-0.25, -0.2) is 0 Å². The summed E-state index contributed by atoms with van der Waals surface area (Å²) in [6, 6.07) is 5.28. The van der Waals surface area contributed by atoms with Gasteiger partial charge in [-0.05, 0) is 30.0 Å². The number of benzene rings is 1. The second-order valence-electron chi connectivity index (χ2n) is 3.01. The summed E-state index contributed by atoms with van der Waals surface area (Å²) in [6.07, 6.45) is 1.02. The Morgan fingerprint density at radius 3 is 2.67 bits per heavy atom. The maximum absolute atomic E-state index is 9.51. The number of hydrogen-bond acceptors (Lipinski definition) is 1. The molecule has 1 nitrogen and oxygen atoms in total. The van der Waals surface area contributed by atoms with E-state index < -0.39 is 0 Å². The summed E-state index contributed by atoms with van der Waals surface area (Å²) in [5.41, 5.74) is 0.974. The maximum Gasteiger partial charge on any atom is 0.120 e. The molecule has 0 radical (unpaired) electrons. The van der Waals surface area contributed by atoms with Gasteiger partial charge in [0.15, 0.2) is 0 Å². The van der Waals surface area contributed by atoms with Gasteiger partial charge in [0.2, 0.25) is 0 Å². The van der Waals surface area contributed by atoms with E-state index in [9.17, 15) is 5.11 Å². The first kappa shape index (κ1) is 9.40. The van der Waals surface area contributed by atoms with Crippen LogP contribution in [0.1, 0.15) is 31.7 Å². The van der Waals surface area contributed by atoms with Crippen molar-refractivity contribution in [1.29, 1.82) is 0 Å². The monoisotopic (exact) mass is 184 g/mol. The first-order valence-corrected chi connectivity index (χ1v) is 4.51. The average molecular weight is 185 g/mol. The minimum Gasteiger partial charge on any atom is -0.508 e. The van der Waals surface area contributed by atoms with Gasteiger partial charge in [0, 0.05) is 5.02 Å². The van der Waals surface area contributed by atoms with Crippen molar-refractivity contribution in [1.82, 2.24) is 0 Å². The number of hydrogen-bond donors (Lipinski definition) is 1. The zero-order chi connectivity index (χ0) is 9.14. The van der Waals surface area contributed by atoms with Gasteiger partial charge >= 0.3 is 0 Å². The van der Waals surface area contributed by atoms with E-state index in [1.807, 2.05) is 12.1 Å². The molecule has 0 heterocycles. The molecule has 0 aliphatic heterocycles. The van der Waals surface area contributed by atoms with Crippen LogP contribution in [-0.2, 0) is 0 Å². The van der Waals surface area contributed by atoms with Crippen molar-refractivity contribution in [2.45, 2.75) is 26.2 Å². The molecule has 0 aromatic heterocycles. The molecule has 0 aliphatic rings. The van der Waals surface area contributed by atoms with Crippen molar-refractivity contribution in [2.24, 2.45) is 0 Å². The highest BCUT2D eigenvalue weighted by atomic mass is 35.5. The van der Waals surface area contributed by atoms with E-state index in [-0.39, 0.29) is 0 Å². The predicted molar refractivity (Wildman–Crippen MR) is 51.8 cm³/mol. The average Bonchev–Trinajstić information content (AvgIpc) is 2.03. The Hall–Kier alpha value is -0.690. The number of rotatable bonds is 2. The summed E-state index contributed by atoms with van der Waals surface area (Å²) in [4.78, 5) is 0. The van der Waals surface area contributed by atoms with E-state index in [2.05, 4.69) is 13.8 Å². The third-order valence-corrected chi connectivity index (χ3v) is 2.37. The predicted octanol–water partition coefficient (Wildman–Crippen LogP) is 3.56. The summed E-state index contributed by atoms with van der Waals surface area (Å²) in [6.45, 7) is 4.18. The van der Waals surface area contributed by atoms with Crippen molar-refractivity contribution in [3.05, 3.63) is 28.8 Å². The fourth-order valence-electron chi connectivity index (χ4n) is 1.15. The van der Waals surface area contributed by atoms with Gasteiger partial charge < -0.3 is 5.11 Å². The van der Waals surface area contributed by atoms with E-state index in [0.717, 1.165) is 12.0 Å². The summed E-state index contributed by atoms with van der Waals surface area (Å²) < 4.78 is 0. The number of aromatic hydroxyl groups is 1. The highest BCUT2D eigenvalue weighted by Crippen LogP contribution is 2.29. The summed E-state index contributed by atoms with van der Waals surface area (Å²) in [5, 5.41) is 10.1. The lowest BCUT2D eigenvalue weighted by molar-refractivity contribution is 0.462. The standard InChI is InChI=1S/C10H13ClO/c1-3-7(2)9-5-4-8(11)6-10(9)12/h4-7,12H,3H2,1-2H3. The molecule has 1 aromatic carbocycles. The smallest absolute Gasteiger partial charge is 0.120 e. The van der Waals surface area contributed by atoms with Gasteiger partial charge in [-0.2, -0.15) is 0 Å².